The summed E-state index contributed by atoms with van der Waals surface area (Å²) >= 11 is 0. The van der Waals surface area contributed by atoms with Crippen LogP contribution in [-0.4, -0.2) is 30.1 Å². The van der Waals surface area contributed by atoms with Gasteiger partial charge in [-0.3, -0.25) is 14.8 Å². The van der Waals surface area contributed by atoms with E-state index < -0.39 is 0 Å². The summed E-state index contributed by atoms with van der Waals surface area (Å²) in [5, 5.41) is 6.68. The lowest BCUT2D eigenvalue weighted by Gasteiger charge is -2.13. The number of carbonyl (C=O) groups is 1. The highest BCUT2D eigenvalue weighted by molar-refractivity contribution is 6.12. The molecule has 2 aromatic heterocycles. The zero-order chi connectivity index (χ0) is 26.1. The zero-order valence-electron chi connectivity index (χ0n) is 20.8. The third kappa shape index (κ3) is 4.30. The number of carbonyl (C=O) groups excluding carboxylic acids is 1. The Kier molecular flexibility index (Phi) is 5.94. The van der Waals surface area contributed by atoms with Crippen molar-refractivity contribution in [1.82, 2.24) is 9.97 Å². The van der Waals surface area contributed by atoms with Gasteiger partial charge in [0.05, 0.1) is 30.8 Å². The summed E-state index contributed by atoms with van der Waals surface area (Å²) in [6.45, 7) is 0. The van der Waals surface area contributed by atoms with Crippen LogP contribution in [0.25, 0.3) is 32.6 Å². The minimum atomic E-state index is -0.203. The number of pyridine rings is 2. The number of methoxy groups -OCH3 is 2. The third-order valence-corrected chi connectivity index (χ3v) is 6.38. The van der Waals surface area contributed by atoms with E-state index in [2.05, 4.69) is 15.3 Å². The van der Waals surface area contributed by atoms with Crippen molar-refractivity contribution in [1.29, 1.82) is 0 Å². The topological polar surface area (TPSA) is 82.6 Å². The number of aromatic nitrogens is 2. The molecule has 0 spiro atoms. The Morgan fingerprint density at radius 1 is 0.711 bits per heavy atom. The van der Waals surface area contributed by atoms with Crippen molar-refractivity contribution in [3.63, 3.8) is 0 Å². The van der Waals surface area contributed by atoms with Crippen molar-refractivity contribution in [2.75, 3.05) is 19.5 Å². The molecule has 7 nitrogen and oxygen atoms in total. The summed E-state index contributed by atoms with van der Waals surface area (Å²) in [5.41, 5.74) is 2.65. The van der Waals surface area contributed by atoms with Crippen LogP contribution in [0.15, 0.2) is 97.3 Å². The fourth-order valence-electron chi connectivity index (χ4n) is 4.51. The van der Waals surface area contributed by atoms with Crippen molar-refractivity contribution < 1.29 is 19.0 Å². The zero-order valence-corrected chi connectivity index (χ0v) is 20.8. The van der Waals surface area contributed by atoms with E-state index in [4.69, 9.17) is 14.2 Å². The van der Waals surface area contributed by atoms with Crippen LogP contribution in [-0.2, 0) is 0 Å². The second kappa shape index (κ2) is 9.71. The molecule has 0 bridgehead atoms. The second-order valence-corrected chi connectivity index (χ2v) is 8.69. The van der Waals surface area contributed by atoms with E-state index >= 15 is 0 Å². The summed E-state index contributed by atoms with van der Waals surface area (Å²) in [6.07, 6.45) is 3.39. The van der Waals surface area contributed by atoms with E-state index in [1.165, 1.54) is 0 Å². The van der Waals surface area contributed by atoms with Crippen molar-refractivity contribution >= 4 is 44.2 Å². The van der Waals surface area contributed by atoms with Gasteiger partial charge in [0.2, 0.25) is 0 Å². The maximum absolute atomic E-state index is 13.0. The standard InChI is InChI=1S/C31H23N3O4/c1-36-28-17-25-26(18-29(28)37-2)32-14-12-27(25)38-23-11-9-20-15-22(10-8-21(20)16-23)34-31(35)24-7-3-5-19-6-4-13-33-30(19)24/h3-18H,1-2H3,(H,34,35). The first kappa shape index (κ1) is 23.2. The van der Waals surface area contributed by atoms with Crippen molar-refractivity contribution in [3.05, 3.63) is 103 Å². The average Bonchev–Trinajstić information content (AvgIpc) is 2.96. The number of ether oxygens (including phenoxy) is 3. The van der Waals surface area contributed by atoms with E-state index in [1.807, 2.05) is 78.9 Å². The predicted octanol–water partition coefficient (Wildman–Crippen LogP) is 7.00. The van der Waals surface area contributed by atoms with Crippen LogP contribution in [0.2, 0.25) is 0 Å². The molecule has 0 unspecified atom stereocenters. The predicted molar refractivity (Wildman–Crippen MR) is 149 cm³/mol. The molecule has 4 aromatic carbocycles. The van der Waals surface area contributed by atoms with Gasteiger partial charge >= 0.3 is 0 Å². The summed E-state index contributed by atoms with van der Waals surface area (Å²) in [5.74, 6) is 2.34. The number of hydrogen-bond acceptors (Lipinski definition) is 6. The van der Waals surface area contributed by atoms with Crippen LogP contribution in [0.3, 0.4) is 0 Å². The average molecular weight is 502 g/mol. The summed E-state index contributed by atoms with van der Waals surface area (Å²) in [7, 11) is 3.19. The van der Waals surface area contributed by atoms with Gasteiger partial charge in [-0.15, -0.1) is 0 Å². The smallest absolute Gasteiger partial charge is 0.257 e. The molecule has 186 valence electrons. The molecule has 0 aliphatic carbocycles. The molecule has 6 aromatic rings. The van der Waals surface area contributed by atoms with Gasteiger partial charge in [-0.2, -0.15) is 0 Å². The van der Waals surface area contributed by atoms with E-state index in [0.29, 0.717) is 39.8 Å². The minimum Gasteiger partial charge on any atom is -0.493 e. The van der Waals surface area contributed by atoms with Gasteiger partial charge in [0.1, 0.15) is 11.5 Å². The Morgan fingerprint density at radius 2 is 1.50 bits per heavy atom. The second-order valence-electron chi connectivity index (χ2n) is 8.69. The summed E-state index contributed by atoms with van der Waals surface area (Å²) < 4.78 is 17.1. The third-order valence-electron chi connectivity index (χ3n) is 6.38. The number of fused-ring (bicyclic) bond motifs is 3. The number of nitrogens with one attached hydrogen (secondary N) is 1. The molecule has 0 fully saturated rings. The number of para-hydroxylation sites is 1. The normalized spacial score (nSPS) is 11.0. The molecule has 2 heterocycles. The monoisotopic (exact) mass is 501 g/mol. The molecule has 0 aliphatic heterocycles. The van der Waals surface area contributed by atoms with Gasteiger partial charge in [0.15, 0.2) is 11.5 Å². The highest BCUT2D eigenvalue weighted by Crippen LogP contribution is 2.37. The maximum atomic E-state index is 13.0. The fraction of sp³-hybridized carbons (Fsp3) is 0.0645. The summed E-state index contributed by atoms with van der Waals surface area (Å²) in [6, 6.07) is 26.5. The van der Waals surface area contributed by atoms with E-state index in [0.717, 1.165) is 27.1 Å². The van der Waals surface area contributed by atoms with Crippen molar-refractivity contribution in [3.8, 4) is 23.0 Å². The Morgan fingerprint density at radius 3 is 2.37 bits per heavy atom. The molecule has 7 heteroatoms. The molecule has 0 aliphatic rings. The SMILES string of the molecule is COc1cc2nccc(Oc3ccc4cc(NC(=O)c5cccc6cccnc56)ccc4c3)c2cc1OC. The highest BCUT2D eigenvalue weighted by atomic mass is 16.5. The van der Waals surface area contributed by atoms with Crippen molar-refractivity contribution in [2.45, 2.75) is 0 Å². The molecule has 6 rings (SSSR count). The van der Waals surface area contributed by atoms with Gasteiger partial charge in [-0.25, -0.2) is 0 Å². The molecule has 1 N–H and O–H groups in total. The number of anilines is 1. The molecular formula is C31H23N3O4. The lowest BCUT2D eigenvalue weighted by molar-refractivity contribution is 0.102. The van der Waals surface area contributed by atoms with Gasteiger partial charge < -0.3 is 19.5 Å². The van der Waals surface area contributed by atoms with Gasteiger partial charge in [0.25, 0.3) is 5.91 Å². The van der Waals surface area contributed by atoms with E-state index in [-0.39, 0.29) is 5.91 Å². The quantitative estimate of drug-likeness (QED) is 0.265. The van der Waals surface area contributed by atoms with Gasteiger partial charge in [0, 0.05) is 34.9 Å². The molecule has 0 saturated heterocycles. The lowest BCUT2D eigenvalue weighted by atomic mass is 10.1. The Balaban J connectivity index is 1.27. The number of amides is 1. The number of hydrogen-bond donors (Lipinski definition) is 1. The Bertz CT molecular complexity index is 1830. The van der Waals surface area contributed by atoms with E-state index in [1.54, 1.807) is 32.7 Å². The lowest BCUT2D eigenvalue weighted by Crippen LogP contribution is -2.12. The first-order chi connectivity index (χ1) is 18.6. The summed E-state index contributed by atoms with van der Waals surface area (Å²) in [4.78, 5) is 21.8. The van der Waals surface area contributed by atoms with Crippen molar-refractivity contribution in [2.24, 2.45) is 0 Å². The maximum Gasteiger partial charge on any atom is 0.257 e. The largest absolute Gasteiger partial charge is 0.493 e. The molecule has 0 saturated carbocycles. The molecule has 0 radical (unpaired) electrons. The van der Waals surface area contributed by atoms with Crippen LogP contribution in [0.5, 0.6) is 23.0 Å². The Hall–Kier alpha value is -5.17. The van der Waals surface area contributed by atoms with E-state index in [9.17, 15) is 4.79 Å². The molecular weight excluding hydrogens is 478 g/mol. The highest BCUT2D eigenvalue weighted by Gasteiger charge is 2.13. The van der Waals surface area contributed by atoms with Crippen LogP contribution in [0.1, 0.15) is 10.4 Å². The number of rotatable bonds is 6. The molecule has 38 heavy (non-hydrogen) atoms. The first-order valence-electron chi connectivity index (χ1n) is 12.0. The van der Waals surface area contributed by atoms with Crippen LogP contribution in [0.4, 0.5) is 5.69 Å². The van der Waals surface area contributed by atoms with Gasteiger partial charge in [-0.05, 0) is 59.3 Å². The minimum absolute atomic E-state index is 0.203. The fourth-order valence-corrected chi connectivity index (χ4v) is 4.51. The van der Waals surface area contributed by atoms with Crippen LogP contribution in [0, 0.1) is 0 Å². The Labute approximate surface area is 218 Å². The van der Waals surface area contributed by atoms with Crippen LogP contribution < -0.4 is 19.5 Å². The number of benzene rings is 4. The number of nitrogens with zero attached hydrogens (tertiary/aromatic N) is 2. The van der Waals surface area contributed by atoms with Gasteiger partial charge in [-0.1, -0.05) is 30.3 Å². The first-order valence-corrected chi connectivity index (χ1v) is 12.0. The molecule has 0 atom stereocenters. The molecule has 1 amide bonds. The van der Waals surface area contributed by atoms with Crippen LogP contribution >= 0.6 is 0 Å².